The van der Waals surface area contributed by atoms with Crippen LogP contribution in [-0.4, -0.2) is 24.8 Å². The van der Waals surface area contributed by atoms with E-state index >= 15 is 0 Å². The number of aliphatic hydroxyl groups is 1. The maximum atomic E-state index is 11.3. The maximum Gasteiger partial charge on any atom is 0.337 e. The largest absolute Gasteiger partial charge is 0.465 e. The first kappa shape index (κ1) is 14.2. The summed E-state index contributed by atoms with van der Waals surface area (Å²) in [6.07, 6.45) is 0.937. The van der Waals surface area contributed by atoms with Gasteiger partial charge >= 0.3 is 5.97 Å². The third kappa shape index (κ3) is 3.20. The van der Waals surface area contributed by atoms with Gasteiger partial charge in [-0.25, -0.2) is 4.79 Å². The average Bonchev–Trinajstić information content (AvgIpc) is 3.15. The first-order valence-corrected chi connectivity index (χ1v) is 6.40. The highest BCUT2D eigenvalue weighted by atomic mass is 16.5. The second-order valence-corrected chi connectivity index (χ2v) is 5.16. The van der Waals surface area contributed by atoms with E-state index in [1.54, 1.807) is 24.3 Å². The fourth-order valence-electron chi connectivity index (χ4n) is 1.84. The minimum atomic E-state index is -0.360. The number of hydrogen-bond donors (Lipinski definition) is 1. The molecule has 1 aliphatic rings. The Hall–Kier alpha value is -2.23. The lowest BCUT2D eigenvalue weighted by atomic mass is 10.1. The zero-order valence-corrected chi connectivity index (χ0v) is 11.6. The van der Waals surface area contributed by atoms with Crippen molar-refractivity contribution < 1.29 is 14.6 Å². The van der Waals surface area contributed by atoms with Crippen molar-refractivity contribution in [3.8, 4) is 23.7 Å². The summed E-state index contributed by atoms with van der Waals surface area (Å²) in [5.41, 5.74) is 1.27. The number of aliphatic hydroxyl groups excluding tert-OH is 1. The molecule has 3 heteroatoms. The molecule has 2 rings (SSSR count). The van der Waals surface area contributed by atoms with E-state index in [9.17, 15) is 4.79 Å². The normalized spacial score (nSPS) is 22.9. The first-order valence-electron chi connectivity index (χ1n) is 6.40. The number of rotatable bonds is 2. The van der Waals surface area contributed by atoms with Gasteiger partial charge in [-0.1, -0.05) is 18.8 Å². The fraction of sp³-hybridized carbons (Fsp3) is 0.353. The summed E-state index contributed by atoms with van der Waals surface area (Å²) in [6.45, 7) is 2.19. The van der Waals surface area contributed by atoms with Gasteiger partial charge in [0.25, 0.3) is 0 Å². The number of esters is 1. The molecule has 20 heavy (non-hydrogen) atoms. The molecular weight excluding hydrogens is 252 g/mol. The van der Waals surface area contributed by atoms with Crippen LogP contribution in [0.5, 0.6) is 0 Å². The summed E-state index contributed by atoms with van der Waals surface area (Å²) in [5, 5.41) is 9.12. The zero-order chi connectivity index (χ0) is 14.6. The van der Waals surface area contributed by atoms with Crippen LogP contribution in [-0.2, 0) is 4.74 Å². The Morgan fingerprint density at radius 2 is 2.10 bits per heavy atom. The Balaban J connectivity index is 1.97. The summed E-state index contributed by atoms with van der Waals surface area (Å²) in [7, 11) is 1.35. The van der Waals surface area contributed by atoms with Crippen LogP contribution in [0.15, 0.2) is 24.3 Å². The van der Waals surface area contributed by atoms with Crippen molar-refractivity contribution in [2.24, 2.45) is 11.3 Å². The molecule has 1 saturated carbocycles. The summed E-state index contributed by atoms with van der Waals surface area (Å²) in [4.78, 5) is 11.3. The third-order valence-corrected chi connectivity index (χ3v) is 3.53. The van der Waals surface area contributed by atoms with Crippen molar-refractivity contribution in [3.63, 3.8) is 0 Å². The number of ether oxygens (including phenoxy) is 1. The van der Waals surface area contributed by atoms with Crippen LogP contribution in [0.25, 0.3) is 0 Å². The van der Waals surface area contributed by atoms with Gasteiger partial charge in [0.15, 0.2) is 0 Å². The van der Waals surface area contributed by atoms with E-state index in [1.165, 1.54) is 7.11 Å². The standard InChI is InChI=1S/C17H16O3/c1-17(12-18)11-15(17)6-4-3-5-13-7-9-14(10-8-13)16(19)20-2/h7-10,15,18H,11-12H2,1-2H3/t15-,17+/m1/s1. The van der Waals surface area contributed by atoms with Gasteiger partial charge in [0.05, 0.1) is 12.7 Å². The second kappa shape index (κ2) is 5.82. The molecule has 1 fully saturated rings. The average molecular weight is 268 g/mol. The van der Waals surface area contributed by atoms with Crippen LogP contribution < -0.4 is 0 Å². The van der Waals surface area contributed by atoms with Gasteiger partial charge in [0.1, 0.15) is 0 Å². The number of benzene rings is 1. The molecule has 0 amide bonds. The van der Waals surface area contributed by atoms with E-state index in [-0.39, 0.29) is 23.9 Å². The molecule has 0 saturated heterocycles. The van der Waals surface area contributed by atoms with Crippen molar-refractivity contribution >= 4 is 5.97 Å². The Bertz CT molecular complexity index is 622. The van der Waals surface area contributed by atoms with Crippen LogP contribution >= 0.6 is 0 Å². The van der Waals surface area contributed by atoms with Gasteiger partial charge in [0.2, 0.25) is 0 Å². The third-order valence-electron chi connectivity index (χ3n) is 3.53. The summed E-state index contributed by atoms with van der Waals surface area (Å²) in [5.74, 6) is 11.5. The molecule has 0 unspecified atom stereocenters. The van der Waals surface area contributed by atoms with Crippen molar-refractivity contribution in [2.45, 2.75) is 13.3 Å². The predicted molar refractivity (Wildman–Crippen MR) is 75.7 cm³/mol. The lowest BCUT2D eigenvalue weighted by Gasteiger charge is -1.99. The minimum absolute atomic E-state index is 0.0309. The van der Waals surface area contributed by atoms with Gasteiger partial charge in [-0.15, -0.1) is 0 Å². The molecule has 0 bridgehead atoms. The van der Waals surface area contributed by atoms with Crippen molar-refractivity contribution in [1.82, 2.24) is 0 Å². The Morgan fingerprint density at radius 3 is 2.65 bits per heavy atom. The molecule has 0 radical (unpaired) electrons. The fourth-order valence-corrected chi connectivity index (χ4v) is 1.84. The number of hydrogen-bond acceptors (Lipinski definition) is 3. The second-order valence-electron chi connectivity index (χ2n) is 5.16. The van der Waals surface area contributed by atoms with Gasteiger partial charge < -0.3 is 9.84 Å². The highest BCUT2D eigenvalue weighted by molar-refractivity contribution is 5.89. The van der Waals surface area contributed by atoms with E-state index in [0.717, 1.165) is 12.0 Å². The van der Waals surface area contributed by atoms with E-state index < -0.39 is 0 Å². The molecule has 0 spiro atoms. The van der Waals surface area contributed by atoms with E-state index in [4.69, 9.17) is 5.11 Å². The van der Waals surface area contributed by atoms with Gasteiger partial charge in [-0.2, -0.15) is 0 Å². The molecule has 0 aromatic heterocycles. The van der Waals surface area contributed by atoms with E-state index in [2.05, 4.69) is 28.4 Å². The van der Waals surface area contributed by atoms with Crippen LogP contribution in [0.4, 0.5) is 0 Å². The molecule has 102 valence electrons. The number of carbonyl (C=O) groups excluding carboxylic acids is 1. The topological polar surface area (TPSA) is 46.5 Å². The van der Waals surface area contributed by atoms with Crippen LogP contribution in [0.1, 0.15) is 29.3 Å². The molecule has 1 aliphatic carbocycles. The van der Waals surface area contributed by atoms with Gasteiger partial charge in [-0.05, 0) is 42.5 Å². The number of carbonyl (C=O) groups is 1. The van der Waals surface area contributed by atoms with Crippen molar-refractivity contribution in [1.29, 1.82) is 0 Å². The summed E-state index contributed by atoms with van der Waals surface area (Å²) >= 11 is 0. The predicted octanol–water partition coefficient (Wildman–Crippen LogP) is 1.85. The number of methoxy groups -OCH3 is 1. The summed E-state index contributed by atoms with van der Waals surface area (Å²) < 4.78 is 4.62. The molecule has 1 N–H and O–H groups in total. The van der Waals surface area contributed by atoms with Gasteiger partial charge in [0, 0.05) is 23.5 Å². The molecule has 0 aliphatic heterocycles. The Labute approximate surface area is 119 Å². The smallest absolute Gasteiger partial charge is 0.337 e. The Kier molecular flexibility index (Phi) is 4.13. The molecular formula is C17H16O3. The summed E-state index contributed by atoms with van der Waals surface area (Å²) in [6, 6.07) is 6.87. The van der Waals surface area contributed by atoms with Crippen molar-refractivity contribution in [2.75, 3.05) is 13.7 Å². The SMILES string of the molecule is COC(=O)c1ccc(C#CC#C[C@@H]2C[C@@]2(C)CO)cc1. The molecule has 1 aromatic rings. The van der Waals surface area contributed by atoms with E-state index in [0.29, 0.717) is 5.56 Å². The molecule has 3 nitrogen and oxygen atoms in total. The zero-order valence-electron chi connectivity index (χ0n) is 11.6. The monoisotopic (exact) mass is 268 g/mol. The highest BCUT2D eigenvalue weighted by Gasteiger charge is 2.48. The van der Waals surface area contributed by atoms with Crippen LogP contribution in [0.2, 0.25) is 0 Å². The minimum Gasteiger partial charge on any atom is -0.465 e. The molecule has 1 aromatic carbocycles. The van der Waals surface area contributed by atoms with Crippen molar-refractivity contribution in [3.05, 3.63) is 35.4 Å². The quantitative estimate of drug-likeness (QED) is 0.657. The highest BCUT2D eigenvalue weighted by Crippen LogP contribution is 2.51. The van der Waals surface area contributed by atoms with E-state index in [1.807, 2.05) is 6.92 Å². The lowest BCUT2D eigenvalue weighted by Crippen LogP contribution is -2.02. The Morgan fingerprint density at radius 1 is 1.40 bits per heavy atom. The van der Waals surface area contributed by atoms with Crippen LogP contribution in [0, 0.1) is 35.0 Å². The lowest BCUT2D eigenvalue weighted by molar-refractivity contribution is 0.0600. The first-order chi connectivity index (χ1) is 9.59. The van der Waals surface area contributed by atoms with Gasteiger partial charge in [-0.3, -0.25) is 0 Å². The maximum absolute atomic E-state index is 11.3. The molecule has 2 atom stereocenters. The molecule has 0 heterocycles. The van der Waals surface area contributed by atoms with Crippen LogP contribution in [0.3, 0.4) is 0 Å².